The summed E-state index contributed by atoms with van der Waals surface area (Å²) in [6, 6.07) is 6.26. The van der Waals surface area contributed by atoms with E-state index in [9.17, 15) is 43.5 Å². The smallest absolute Gasteiger partial charge is 0.245 e. The van der Waals surface area contributed by atoms with E-state index in [-0.39, 0.29) is 92.9 Å². The van der Waals surface area contributed by atoms with Crippen LogP contribution in [0.1, 0.15) is 102 Å². The molecular weight excluding hydrogens is 965 g/mol. The lowest BCUT2D eigenvalue weighted by Crippen LogP contribution is -2.60. The number of carbonyl (C=O) groups is 8. The molecule has 0 saturated carbocycles. The second-order valence-corrected chi connectivity index (χ2v) is 19.7. The third kappa shape index (κ3) is 24.0. The van der Waals surface area contributed by atoms with Gasteiger partial charge >= 0.3 is 0 Å². The SMILES string of the molecule is CCNC(=O)[C@@H](CC(C)C)NC(=O)[C@H](CCCN=C(N)N)N(C)C(=O)[C@H](CCCN=C(N)N)NC(=O)[C@H](CC(C)C)NC(=O)[C@H](Cc1ccccc1)NC(=O)CNC(=O)CNC(=O)[C@@H](C)Cc1c(C)cc(O)cc1C. The molecule has 6 atom stereocenters. The third-order valence-corrected chi connectivity index (χ3v) is 12.1. The minimum Gasteiger partial charge on any atom is -0.508 e. The van der Waals surface area contributed by atoms with Crippen molar-refractivity contribution >= 4 is 59.2 Å². The van der Waals surface area contributed by atoms with Crippen LogP contribution in [0.5, 0.6) is 5.75 Å². The van der Waals surface area contributed by atoms with E-state index in [1.54, 1.807) is 56.3 Å². The maximum absolute atomic E-state index is 14.6. The fourth-order valence-corrected chi connectivity index (χ4v) is 8.25. The quantitative estimate of drug-likeness (QED) is 0.0256. The van der Waals surface area contributed by atoms with Gasteiger partial charge in [-0.25, -0.2) is 0 Å². The Labute approximate surface area is 441 Å². The summed E-state index contributed by atoms with van der Waals surface area (Å²) in [6.45, 7) is 14.3. The van der Waals surface area contributed by atoms with Crippen molar-refractivity contribution in [3.8, 4) is 5.75 Å². The number of benzene rings is 2. The number of aliphatic imine (C=N–C) groups is 2. The van der Waals surface area contributed by atoms with E-state index in [0.717, 1.165) is 16.7 Å². The van der Waals surface area contributed by atoms with E-state index in [4.69, 9.17) is 22.9 Å². The van der Waals surface area contributed by atoms with E-state index < -0.39 is 84.7 Å². The van der Waals surface area contributed by atoms with Gasteiger partial charge in [-0.15, -0.1) is 0 Å². The normalized spacial score (nSPS) is 13.4. The summed E-state index contributed by atoms with van der Waals surface area (Å²) in [5, 5.41) is 28.8. The van der Waals surface area contributed by atoms with Gasteiger partial charge in [0.05, 0.1) is 13.1 Å². The average molecular weight is 1050 g/mol. The molecule has 0 spiro atoms. The molecule has 23 nitrogen and oxygen atoms in total. The van der Waals surface area contributed by atoms with Gasteiger partial charge in [0.1, 0.15) is 36.0 Å². The predicted octanol–water partition coefficient (Wildman–Crippen LogP) is -0.236. The standard InChI is InChI=1S/C52H84N14O9/c1-10-57-46(71)39(22-30(2)3)65-49(74)42(19-15-21-59-52(55)56)66(9)50(75)38(18-14-20-58-51(53)54)63-47(72)40(23-31(4)5)64-48(73)41(27-35-16-12-11-13-17-35)62-44(69)29-60-43(68)28-61-45(70)34(8)26-37-32(6)24-36(67)25-33(37)7/h11-13,16-17,24-25,30-31,34,38-42,67H,10,14-15,18-23,26-29H2,1-9H3,(H,57,71)(H,60,68)(H,61,70)(H,62,69)(H,63,72)(H,64,73)(H,65,74)(H4,53,54,58)(H4,55,56,59)/t34-,38-,39+,40-,41-,42-/m0/s1. The summed E-state index contributed by atoms with van der Waals surface area (Å²) in [5.41, 5.74) is 25.5. The van der Waals surface area contributed by atoms with Crippen molar-refractivity contribution in [3.05, 3.63) is 64.7 Å². The largest absolute Gasteiger partial charge is 0.508 e. The van der Waals surface area contributed by atoms with Crippen molar-refractivity contribution in [1.82, 2.24) is 42.1 Å². The molecule has 75 heavy (non-hydrogen) atoms. The predicted molar refractivity (Wildman–Crippen MR) is 288 cm³/mol. The molecule has 0 radical (unpaired) electrons. The summed E-state index contributed by atoms with van der Waals surface area (Å²) < 4.78 is 0. The number of phenols is 1. The Morgan fingerprint density at radius 1 is 0.600 bits per heavy atom. The number of hydrogen-bond donors (Lipinski definition) is 12. The molecule has 0 aromatic heterocycles. The second kappa shape index (κ2) is 32.7. The van der Waals surface area contributed by atoms with Gasteiger partial charge in [0.15, 0.2) is 11.9 Å². The summed E-state index contributed by atoms with van der Waals surface area (Å²) in [7, 11) is 1.41. The molecule has 2 aromatic carbocycles. The van der Waals surface area contributed by atoms with Crippen molar-refractivity contribution < 1.29 is 43.5 Å². The summed E-state index contributed by atoms with van der Waals surface area (Å²) >= 11 is 0. The fraction of sp³-hybridized carbons (Fsp3) is 0.577. The molecule has 416 valence electrons. The lowest BCUT2D eigenvalue weighted by Gasteiger charge is -2.33. The third-order valence-electron chi connectivity index (χ3n) is 12.1. The monoisotopic (exact) mass is 1050 g/mol. The number of hydrogen-bond acceptors (Lipinski definition) is 11. The van der Waals surface area contributed by atoms with Gasteiger partial charge < -0.3 is 70.2 Å². The topological polar surface area (TPSA) is 373 Å². The van der Waals surface area contributed by atoms with Crippen molar-refractivity contribution in [3.63, 3.8) is 0 Å². The lowest BCUT2D eigenvalue weighted by atomic mass is 9.93. The zero-order chi connectivity index (χ0) is 56.4. The number of nitrogens with zero attached hydrogens (tertiary/aromatic N) is 3. The molecule has 0 aliphatic carbocycles. The minimum atomic E-state index is -1.27. The van der Waals surface area contributed by atoms with Crippen LogP contribution in [-0.4, -0.2) is 139 Å². The van der Waals surface area contributed by atoms with Gasteiger partial charge in [0, 0.05) is 39.0 Å². The van der Waals surface area contributed by atoms with E-state index in [1.165, 1.54) is 11.9 Å². The molecule has 2 aromatic rings. The van der Waals surface area contributed by atoms with E-state index in [1.807, 2.05) is 41.5 Å². The molecule has 0 aliphatic rings. The van der Waals surface area contributed by atoms with Crippen LogP contribution in [0.4, 0.5) is 0 Å². The Morgan fingerprint density at radius 3 is 1.65 bits per heavy atom. The van der Waals surface area contributed by atoms with Crippen LogP contribution in [0.3, 0.4) is 0 Å². The van der Waals surface area contributed by atoms with Crippen molar-refractivity contribution in [2.45, 2.75) is 137 Å². The van der Waals surface area contributed by atoms with Crippen LogP contribution >= 0.6 is 0 Å². The summed E-state index contributed by atoms with van der Waals surface area (Å²) in [6.07, 6.45) is 1.36. The Balaban J connectivity index is 2.36. The molecule has 0 unspecified atom stereocenters. The van der Waals surface area contributed by atoms with Crippen LogP contribution in [0.15, 0.2) is 52.4 Å². The number of rotatable bonds is 32. The molecule has 0 bridgehead atoms. The highest BCUT2D eigenvalue weighted by atomic mass is 16.3. The fourth-order valence-electron chi connectivity index (χ4n) is 8.25. The molecular formula is C52H84N14O9. The van der Waals surface area contributed by atoms with Crippen molar-refractivity contribution in [1.29, 1.82) is 0 Å². The number of amides is 8. The number of phenolic OH excluding ortho intramolecular Hbond substituents is 1. The second-order valence-electron chi connectivity index (χ2n) is 19.7. The molecule has 0 saturated heterocycles. The van der Waals surface area contributed by atoms with Gasteiger partial charge in [0.2, 0.25) is 47.3 Å². The Morgan fingerprint density at radius 2 is 1.11 bits per heavy atom. The number of aryl methyl sites for hydroxylation is 2. The Bertz CT molecular complexity index is 2260. The van der Waals surface area contributed by atoms with Crippen LogP contribution < -0.4 is 60.2 Å². The lowest BCUT2D eigenvalue weighted by molar-refractivity contribution is -0.143. The molecule has 0 fully saturated rings. The maximum Gasteiger partial charge on any atom is 0.245 e. The number of nitrogens with one attached hydrogen (secondary N) is 7. The summed E-state index contributed by atoms with van der Waals surface area (Å²) in [4.78, 5) is 119. The number of carbonyl (C=O) groups excluding carboxylic acids is 8. The molecule has 23 heteroatoms. The first-order valence-electron chi connectivity index (χ1n) is 25.6. The molecule has 16 N–H and O–H groups in total. The molecule has 8 amide bonds. The highest BCUT2D eigenvalue weighted by Gasteiger charge is 2.36. The van der Waals surface area contributed by atoms with Crippen LogP contribution in [0.2, 0.25) is 0 Å². The number of nitrogens with two attached hydrogens (primary N) is 4. The molecule has 2 rings (SSSR count). The first-order chi connectivity index (χ1) is 35.3. The van der Waals surface area contributed by atoms with Gasteiger partial charge in [0.25, 0.3) is 0 Å². The van der Waals surface area contributed by atoms with Gasteiger partial charge in [-0.2, -0.15) is 0 Å². The highest BCUT2D eigenvalue weighted by Crippen LogP contribution is 2.23. The Hall–Kier alpha value is -7.46. The van der Waals surface area contributed by atoms with Crippen molar-refractivity contribution in [2.75, 3.05) is 39.8 Å². The van der Waals surface area contributed by atoms with Crippen LogP contribution in [0, 0.1) is 31.6 Å². The van der Waals surface area contributed by atoms with E-state index in [2.05, 4.69) is 47.2 Å². The molecule has 0 heterocycles. The summed E-state index contributed by atoms with van der Waals surface area (Å²) in [5.74, 6) is -5.73. The van der Waals surface area contributed by atoms with Crippen LogP contribution in [0.25, 0.3) is 0 Å². The Kier molecular flexibility index (Phi) is 27.7. The van der Waals surface area contributed by atoms with Gasteiger partial charge in [-0.05, 0) is 112 Å². The first-order valence-corrected chi connectivity index (χ1v) is 25.6. The van der Waals surface area contributed by atoms with E-state index >= 15 is 0 Å². The zero-order valence-corrected chi connectivity index (χ0v) is 45.2. The van der Waals surface area contributed by atoms with Gasteiger partial charge in [-0.3, -0.25) is 48.3 Å². The first kappa shape index (κ1) is 63.7. The number of aromatic hydroxyl groups is 1. The van der Waals surface area contributed by atoms with Crippen LogP contribution in [-0.2, 0) is 51.2 Å². The van der Waals surface area contributed by atoms with Crippen molar-refractivity contribution in [2.24, 2.45) is 50.7 Å². The average Bonchev–Trinajstić information content (AvgIpc) is 3.33. The van der Waals surface area contributed by atoms with E-state index in [0.29, 0.717) is 24.9 Å². The number of guanidine groups is 2. The minimum absolute atomic E-state index is 0.00222. The highest BCUT2D eigenvalue weighted by molar-refractivity contribution is 5.97. The maximum atomic E-state index is 14.6. The zero-order valence-electron chi connectivity index (χ0n) is 45.2. The molecule has 0 aliphatic heterocycles. The number of likely N-dealkylation sites (N-methyl/N-ethyl adjacent to an activating group) is 2. The van der Waals surface area contributed by atoms with Gasteiger partial charge in [-0.1, -0.05) is 65.0 Å².